The average molecular weight is 448 g/mol. The highest BCUT2D eigenvalue weighted by Crippen LogP contribution is 2.36. The van der Waals surface area contributed by atoms with Gasteiger partial charge in [0.25, 0.3) is 0 Å². The summed E-state index contributed by atoms with van der Waals surface area (Å²) in [6.07, 6.45) is 0. The predicted molar refractivity (Wildman–Crippen MR) is 131 cm³/mol. The molecule has 1 heterocycles. The Bertz CT molecular complexity index is 1540. The van der Waals surface area contributed by atoms with E-state index >= 15 is 0 Å². The van der Waals surface area contributed by atoms with Gasteiger partial charge in [-0.25, -0.2) is 0 Å². The number of rotatable bonds is 2. The highest BCUT2D eigenvalue weighted by molar-refractivity contribution is 9.10. The predicted octanol–water partition coefficient (Wildman–Crippen LogP) is 8.37. The van der Waals surface area contributed by atoms with Crippen LogP contribution in [0.1, 0.15) is 0 Å². The fraction of sp³-hybridized carbons (Fsp3) is 0. The van der Waals surface area contributed by atoms with Gasteiger partial charge in [-0.1, -0.05) is 88.7 Å². The van der Waals surface area contributed by atoms with Crippen LogP contribution in [0.4, 0.5) is 0 Å². The Morgan fingerprint density at radius 2 is 1.13 bits per heavy atom. The first kappa shape index (κ1) is 17.5. The molecule has 0 fully saturated rings. The van der Waals surface area contributed by atoms with Crippen molar-refractivity contribution in [3.8, 4) is 16.8 Å². The lowest BCUT2D eigenvalue weighted by molar-refractivity contribution is 1.18. The van der Waals surface area contributed by atoms with Crippen LogP contribution in [0.15, 0.2) is 114 Å². The Labute approximate surface area is 183 Å². The van der Waals surface area contributed by atoms with E-state index in [1.165, 1.54) is 49.4 Å². The summed E-state index contributed by atoms with van der Waals surface area (Å²) in [7, 11) is 0. The van der Waals surface area contributed by atoms with E-state index in [2.05, 4.69) is 130 Å². The van der Waals surface area contributed by atoms with Gasteiger partial charge in [0.15, 0.2) is 0 Å². The zero-order chi connectivity index (χ0) is 20.1. The molecular formula is C28H18BrN. The van der Waals surface area contributed by atoms with E-state index in [0.29, 0.717) is 0 Å². The Morgan fingerprint density at radius 3 is 1.97 bits per heavy atom. The van der Waals surface area contributed by atoms with Crippen molar-refractivity contribution in [2.75, 3.05) is 0 Å². The zero-order valence-electron chi connectivity index (χ0n) is 16.2. The highest BCUT2D eigenvalue weighted by atomic mass is 79.9. The molecule has 0 radical (unpaired) electrons. The SMILES string of the molecule is Brc1ccc2c3ccc(-c4ccc5ccccc5c4)cc3n(-c3ccccc3)c2c1. The molecule has 2 heteroatoms. The number of hydrogen-bond acceptors (Lipinski definition) is 0. The van der Waals surface area contributed by atoms with Crippen LogP contribution in [0.25, 0.3) is 49.4 Å². The quantitative estimate of drug-likeness (QED) is 0.251. The maximum absolute atomic E-state index is 3.66. The van der Waals surface area contributed by atoms with Gasteiger partial charge in [-0.05, 0) is 58.3 Å². The standard InChI is InChI=1S/C28H18BrN/c29-23-13-15-26-25-14-12-22(21-11-10-19-6-4-5-7-20(19)16-21)17-27(25)30(28(26)18-23)24-8-2-1-3-9-24/h1-18H. The number of aromatic nitrogens is 1. The monoisotopic (exact) mass is 447 g/mol. The molecule has 0 atom stereocenters. The minimum Gasteiger partial charge on any atom is -0.309 e. The number of nitrogens with zero attached hydrogens (tertiary/aromatic N) is 1. The van der Waals surface area contributed by atoms with Crippen LogP contribution in [0.5, 0.6) is 0 Å². The van der Waals surface area contributed by atoms with Crippen molar-refractivity contribution in [1.82, 2.24) is 4.57 Å². The van der Waals surface area contributed by atoms with Gasteiger partial charge in [-0.3, -0.25) is 0 Å². The first-order valence-electron chi connectivity index (χ1n) is 10.1. The van der Waals surface area contributed by atoms with Crippen molar-refractivity contribution >= 4 is 48.5 Å². The number of para-hydroxylation sites is 1. The van der Waals surface area contributed by atoms with E-state index < -0.39 is 0 Å². The molecule has 6 aromatic rings. The normalized spacial score (nSPS) is 11.5. The van der Waals surface area contributed by atoms with Crippen LogP contribution in [0.2, 0.25) is 0 Å². The van der Waals surface area contributed by atoms with Gasteiger partial charge in [0.05, 0.1) is 11.0 Å². The average Bonchev–Trinajstić information content (AvgIpc) is 3.11. The van der Waals surface area contributed by atoms with Gasteiger partial charge < -0.3 is 4.57 Å². The molecule has 0 spiro atoms. The smallest absolute Gasteiger partial charge is 0.0552 e. The van der Waals surface area contributed by atoms with Crippen molar-refractivity contribution in [1.29, 1.82) is 0 Å². The zero-order valence-corrected chi connectivity index (χ0v) is 17.8. The molecule has 0 amide bonds. The number of benzene rings is 5. The van der Waals surface area contributed by atoms with Gasteiger partial charge in [0, 0.05) is 20.9 Å². The molecule has 30 heavy (non-hydrogen) atoms. The molecule has 0 aliphatic rings. The molecule has 5 aromatic carbocycles. The van der Waals surface area contributed by atoms with E-state index in [1.807, 2.05) is 0 Å². The van der Waals surface area contributed by atoms with Gasteiger partial charge in [0.1, 0.15) is 0 Å². The second-order valence-electron chi connectivity index (χ2n) is 7.63. The minimum absolute atomic E-state index is 1.09. The topological polar surface area (TPSA) is 4.93 Å². The number of hydrogen-bond donors (Lipinski definition) is 0. The molecule has 0 bridgehead atoms. The first-order chi connectivity index (χ1) is 14.8. The summed E-state index contributed by atoms with van der Waals surface area (Å²) in [5, 5.41) is 5.07. The molecule has 142 valence electrons. The summed E-state index contributed by atoms with van der Waals surface area (Å²) >= 11 is 3.66. The number of halogens is 1. The summed E-state index contributed by atoms with van der Waals surface area (Å²) in [6, 6.07) is 39.2. The Hall–Kier alpha value is -3.36. The van der Waals surface area contributed by atoms with E-state index in [0.717, 1.165) is 4.47 Å². The van der Waals surface area contributed by atoms with Gasteiger partial charge in [-0.15, -0.1) is 0 Å². The summed E-state index contributed by atoms with van der Waals surface area (Å²) < 4.78 is 3.45. The highest BCUT2D eigenvalue weighted by Gasteiger charge is 2.13. The molecule has 0 aliphatic carbocycles. The summed E-state index contributed by atoms with van der Waals surface area (Å²) in [5.74, 6) is 0. The molecule has 0 aliphatic heterocycles. The van der Waals surface area contributed by atoms with Crippen LogP contribution in [-0.2, 0) is 0 Å². The van der Waals surface area contributed by atoms with E-state index in [9.17, 15) is 0 Å². The molecule has 6 rings (SSSR count). The van der Waals surface area contributed by atoms with Crippen LogP contribution in [0, 0.1) is 0 Å². The van der Waals surface area contributed by atoms with Gasteiger partial charge in [-0.2, -0.15) is 0 Å². The Kier molecular flexibility index (Phi) is 4.00. The third kappa shape index (κ3) is 2.76. The summed E-state index contributed by atoms with van der Waals surface area (Å²) in [5.41, 5.74) is 6.07. The fourth-order valence-corrected chi connectivity index (χ4v) is 4.74. The molecule has 0 N–H and O–H groups in total. The van der Waals surface area contributed by atoms with E-state index in [1.54, 1.807) is 0 Å². The first-order valence-corrected chi connectivity index (χ1v) is 10.9. The second-order valence-corrected chi connectivity index (χ2v) is 8.54. The maximum Gasteiger partial charge on any atom is 0.0552 e. The Balaban J connectivity index is 1.66. The van der Waals surface area contributed by atoms with E-state index in [-0.39, 0.29) is 0 Å². The molecule has 0 saturated carbocycles. The van der Waals surface area contributed by atoms with Crippen LogP contribution < -0.4 is 0 Å². The lowest BCUT2D eigenvalue weighted by Gasteiger charge is -2.09. The summed E-state index contributed by atoms with van der Waals surface area (Å²) in [6.45, 7) is 0. The Morgan fingerprint density at radius 1 is 0.500 bits per heavy atom. The maximum atomic E-state index is 3.66. The largest absolute Gasteiger partial charge is 0.309 e. The van der Waals surface area contributed by atoms with Crippen molar-refractivity contribution in [2.24, 2.45) is 0 Å². The fourth-order valence-electron chi connectivity index (χ4n) is 4.40. The lowest BCUT2D eigenvalue weighted by Crippen LogP contribution is -1.93. The van der Waals surface area contributed by atoms with E-state index in [4.69, 9.17) is 0 Å². The lowest BCUT2D eigenvalue weighted by atomic mass is 10.00. The van der Waals surface area contributed by atoms with Crippen molar-refractivity contribution < 1.29 is 0 Å². The van der Waals surface area contributed by atoms with Gasteiger partial charge >= 0.3 is 0 Å². The summed E-state index contributed by atoms with van der Waals surface area (Å²) in [4.78, 5) is 0. The molecule has 1 nitrogen and oxygen atoms in total. The van der Waals surface area contributed by atoms with Gasteiger partial charge in [0.2, 0.25) is 0 Å². The molecular weight excluding hydrogens is 430 g/mol. The van der Waals surface area contributed by atoms with Crippen LogP contribution in [0.3, 0.4) is 0 Å². The van der Waals surface area contributed by atoms with Crippen molar-refractivity contribution in [3.05, 3.63) is 114 Å². The molecule has 0 saturated heterocycles. The molecule has 0 unspecified atom stereocenters. The number of fused-ring (bicyclic) bond motifs is 4. The minimum atomic E-state index is 1.09. The third-order valence-electron chi connectivity index (χ3n) is 5.83. The molecule has 1 aromatic heterocycles. The third-order valence-corrected chi connectivity index (χ3v) is 6.32. The van der Waals surface area contributed by atoms with Crippen molar-refractivity contribution in [2.45, 2.75) is 0 Å². The van der Waals surface area contributed by atoms with Crippen LogP contribution in [-0.4, -0.2) is 4.57 Å². The second kappa shape index (κ2) is 6.86. The van der Waals surface area contributed by atoms with Crippen molar-refractivity contribution in [3.63, 3.8) is 0 Å². The van der Waals surface area contributed by atoms with Crippen LogP contribution >= 0.6 is 15.9 Å².